The van der Waals surface area contributed by atoms with Gasteiger partial charge in [0, 0.05) is 24.5 Å². The fourth-order valence-corrected chi connectivity index (χ4v) is 3.63. The van der Waals surface area contributed by atoms with Crippen molar-refractivity contribution in [2.24, 2.45) is 0 Å². The molecule has 3 rings (SSSR count). The molecule has 178 valence electrons. The molecule has 0 aliphatic heterocycles. The number of carbonyl (C=O) groups excluding carboxylic acids is 2. The summed E-state index contributed by atoms with van der Waals surface area (Å²) >= 11 is 0. The highest BCUT2D eigenvalue weighted by atomic mass is 19.1. The van der Waals surface area contributed by atoms with Gasteiger partial charge in [0.25, 0.3) is 5.91 Å². The summed E-state index contributed by atoms with van der Waals surface area (Å²) in [7, 11) is 0. The van der Waals surface area contributed by atoms with Crippen LogP contribution in [0.1, 0.15) is 60.4 Å². The minimum atomic E-state index is -0.967. The second-order valence-corrected chi connectivity index (χ2v) is 9.01. The molecule has 0 fully saturated rings. The zero-order valence-electron chi connectivity index (χ0n) is 20.1. The molecule has 1 N–H and O–H groups in total. The van der Waals surface area contributed by atoms with Crippen molar-refractivity contribution < 1.29 is 14.0 Å². The van der Waals surface area contributed by atoms with Crippen LogP contribution in [-0.2, 0) is 11.2 Å². The van der Waals surface area contributed by atoms with Crippen molar-refractivity contribution in [1.82, 2.24) is 20.2 Å². The van der Waals surface area contributed by atoms with Crippen LogP contribution >= 0.6 is 0 Å². The SMILES string of the molecule is CCC(C)(C)NC(=O)C(c1ccc(F)cc1)N(CCc1cccc(C)c1)C(=O)c1cnccn1. The fraction of sp³-hybridized carbons (Fsp3) is 0.333. The van der Waals surface area contributed by atoms with Crippen LogP contribution in [0.15, 0.2) is 67.1 Å². The first kappa shape index (κ1) is 25.0. The van der Waals surface area contributed by atoms with Gasteiger partial charge in [-0.25, -0.2) is 9.37 Å². The third kappa shape index (κ3) is 6.47. The van der Waals surface area contributed by atoms with E-state index in [1.54, 1.807) is 12.1 Å². The van der Waals surface area contributed by atoms with Gasteiger partial charge in [0.05, 0.1) is 6.20 Å². The van der Waals surface area contributed by atoms with Gasteiger partial charge in [-0.3, -0.25) is 14.6 Å². The Hall–Kier alpha value is -3.61. The van der Waals surface area contributed by atoms with E-state index >= 15 is 0 Å². The summed E-state index contributed by atoms with van der Waals surface area (Å²) in [5.41, 5.74) is 2.34. The van der Waals surface area contributed by atoms with Crippen molar-refractivity contribution in [1.29, 1.82) is 0 Å². The number of hydrogen-bond acceptors (Lipinski definition) is 4. The standard InChI is InChI=1S/C27H31FN4O2/c1-5-27(3,4)31-25(33)24(21-9-11-22(28)12-10-21)32(26(34)23-18-29-14-15-30-23)16-13-20-8-6-7-19(2)17-20/h6-12,14-15,17-18,24H,5,13,16H2,1-4H3,(H,31,33). The van der Waals surface area contributed by atoms with Crippen molar-refractivity contribution in [3.05, 3.63) is 95.3 Å². The molecule has 2 amide bonds. The molecular weight excluding hydrogens is 431 g/mol. The van der Waals surface area contributed by atoms with E-state index in [4.69, 9.17) is 0 Å². The number of benzene rings is 2. The lowest BCUT2D eigenvalue weighted by atomic mass is 9.98. The number of aryl methyl sites for hydroxylation is 1. The second kappa shape index (κ2) is 11.0. The number of amides is 2. The van der Waals surface area contributed by atoms with Crippen LogP contribution in [0, 0.1) is 12.7 Å². The Bertz CT molecular complexity index is 1120. The largest absolute Gasteiger partial charge is 0.349 e. The Morgan fingerprint density at radius 3 is 2.47 bits per heavy atom. The molecular formula is C27H31FN4O2. The molecule has 2 aromatic carbocycles. The number of rotatable bonds is 9. The van der Waals surface area contributed by atoms with Gasteiger partial charge in [-0.05, 0) is 56.9 Å². The van der Waals surface area contributed by atoms with E-state index in [0.29, 0.717) is 18.4 Å². The quantitative estimate of drug-likeness (QED) is 0.502. The first-order valence-electron chi connectivity index (χ1n) is 11.4. The average Bonchev–Trinajstić information content (AvgIpc) is 2.82. The van der Waals surface area contributed by atoms with Crippen molar-refractivity contribution in [2.75, 3.05) is 6.54 Å². The van der Waals surface area contributed by atoms with E-state index in [9.17, 15) is 14.0 Å². The predicted molar refractivity (Wildman–Crippen MR) is 130 cm³/mol. The van der Waals surface area contributed by atoms with Gasteiger partial charge in [0.1, 0.15) is 17.6 Å². The molecule has 0 saturated carbocycles. The topological polar surface area (TPSA) is 75.2 Å². The lowest BCUT2D eigenvalue weighted by Gasteiger charge is -2.34. The van der Waals surface area contributed by atoms with E-state index in [1.165, 1.54) is 35.6 Å². The number of hydrogen-bond donors (Lipinski definition) is 1. The summed E-state index contributed by atoms with van der Waals surface area (Å²) < 4.78 is 13.7. The number of nitrogens with zero attached hydrogens (tertiary/aromatic N) is 3. The van der Waals surface area contributed by atoms with Gasteiger partial charge in [-0.1, -0.05) is 48.9 Å². The molecule has 1 aromatic heterocycles. The van der Waals surface area contributed by atoms with Crippen LogP contribution < -0.4 is 5.32 Å². The normalized spacial score (nSPS) is 12.1. The van der Waals surface area contributed by atoms with E-state index in [-0.39, 0.29) is 18.1 Å². The Labute approximate surface area is 200 Å². The molecule has 1 heterocycles. The molecule has 1 unspecified atom stereocenters. The monoisotopic (exact) mass is 462 g/mol. The Balaban J connectivity index is 2.04. The van der Waals surface area contributed by atoms with Crippen LogP contribution in [0.5, 0.6) is 0 Å². The summed E-state index contributed by atoms with van der Waals surface area (Å²) in [4.78, 5) is 36.9. The van der Waals surface area contributed by atoms with Crippen LogP contribution in [0.2, 0.25) is 0 Å². The van der Waals surface area contributed by atoms with Crippen molar-refractivity contribution in [2.45, 2.75) is 52.1 Å². The molecule has 7 heteroatoms. The lowest BCUT2D eigenvalue weighted by molar-refractivity contribution is -0.127. The Morgan fingerprint density at radius 1 is 1.12 bits per heavy atom. The molecule has 3 aromatic rings. The smallest absolute Gasteiger partial charge is 0.275 e. The van der Waals surface area contributed by atoms with E-state index in [1.807, 2.05) is 45.9 Å². The van der Waals surface area contributed by atoms with Gasteiger partial charge in [0.15, 0.2) is 0 Å². The molecule has 1 atom stereocenters. The molecule has 0 radical (unpaired) electrons. The zero-order chi connectivity index (χ0) is 24.7. The second-order valence-electron chi connectivity index (χ2n) is 9.01. The highest BCUT2D eigenvalue weighted by molar-refractivity contribution is 5.96. The number of halogens is 1. The first-order chi connectivity index (χ1) is 16.2. The van der Waals surface area contributed by atoms with E-state index in [2.05, 4.69) is 21.4 Å². The summed E-state index contributed by atoms with van der Waals surface area (Å²) in [6, 6.07) is 12.7. The van der Waals surface area contributed by atoms with Gasteiger partial charge in [-0.15, -0.1) is 0 Å². The number of aromatic nitrogens is 2. The molecule has 6 nitrogen and oxygen atoms in total. The molecule has 0 aliphatic rings. The van der Waals surface area contributed by atoms with Crippen LogP contribution in [0.4, 0.5) is 4.39 Å². The molecule has 0 bridgehead atoms. The number of carbonyl (C=O) groups is 2. The maximum atomic E-state index is 13.7. The fourth-order valence-electron chi connectivity index (χ4n) is 3.63. The van der Waals surface area contributed by atoms with Gasteiger partial charge >= 0.3 is 0 Å². The summed E-state index contributed by atoms with van der Waals surface area (Å²) in [6.07, 6.45) is 5.56. The summed E-state index contributed by atoms with van der Waals surface area (Å²) in [5.74, 6) is -1.16. The first-order valence-corrected chi connectivity index (χ1v) is 11.4. The van der Waals surface area contributed by atoms with Crippen LogP contribution in [0.3, 0.4) is 0 Å². The molecule has 0 saturated heterocycles. The van der Waals surface area contributed by atoms with Crippen molar-refractivity contribution >= 4 is 11.8 Å². The number of nitrogens with one attached hydrogen (secondary N) is 1. The van der Waals surface area contributed by atoms with Crippen molar-refractivity contribution in [3.8, 4) is 0 Å². The Kier molecular flexibility index (Phi) is 8.10. The minimum Gasteiger partial charge on any atom is -0.349 e. The minimum absolute atomic E-state index is 0.140. The zero-order valence-corrected chi connectivity index (χ0v) is 20.1. The van der Waals surface area contributed by atoms with Gasteiger partial charge in [0.2, 0.25) is 5.91 Å². The van der Waals surface area contributed by atoms with Crippen molar-refractivity contribution in [3.63, 3.8) is 0 Å². The van der Waals surface area contributed by atoms with E-state index in [0.717, 1.165) is 11.1 Å². The van der Waals surface area contributed by atoms with Crippen LogP contribution in [0.25, 0.3) is 0 Å². The Morgan fingerprint density at radius 2 is 1.85 bits per heavy atom. The highest BCUT2D eigenvalue weighted by Crippen LogP contribution is 2.25. The molecule has 0 aliphatic carbocycles. The maximum Gasteiger partial charge on any atom is 0.275 e. The van der Waals surface area contributed by atoms with Crippen LogP contribution in [-0.4, -0.2) is 38.8 Å². The predicted octanol–water partition coefficient (Wildman–Crippen LogP) is 4.66. The van der Waals surface area contributed by atoms with Gasteiger partial charge in [-0.2, -0.15) is 0 Å². The maximum absolute atomic E-state index is 13.7. The van der Waals surface area contributed by atoms with E-state index < -0.39 is 23.3 Å². The van der Waals surface area contributed by atoms with Gasteiger partial charge < -0.3 is 10.2 Å². The highest BCUT2D eigenvalue weighted by Gasteiger charge is 2.34. The third-order valence-electron chi connectivity index (χ3n) is 5.86. The lowest BCUT2D eigenvalue weighted by Crippen LogP contribution is -2.50. The summed E-state index contributed by atoms with van der Waals surface area (Å²) in [5, 5.41) is 3.05. The summed E-state index contributed by atoms with van der Waals surface area (Å²) in [6.45, 7) is 8.10. The average molecular weight is 463 g/mol. The molecule has 34 heavy (non-hydrogen) atoms. The third-order valence-corrected chi connectivity index (χ3v) is 5.86. The molecule has 0 spiro atoms.